The molecule has 0 spiro atoms. The number of benzene rings is 2. The molecule has 1 amide bonds. The van der Waals surface area contributed by atoms with Crippen molar-refractivity contribution in [3.63, 3.8) is 0 Å². The van der Waals surface area contributed by atoms with Crippen LogP contribution in [0.2, 0.25) is 0 Å². The summed E-state index contributed by atoms with van der Waals surface area (Å²) in [6, 6.07) is 17.6. The Bertz CT molecular complexity index is 1380. The topological polar surface area (TPSA) is 92.2 Å². The summed E-state index contributed by atoms with van der Waals surface area (Å²) >= 11 is 0. The molecule has 0 unspecified atom stereocenters. The second-order valence-corrected chi connectivity index (χ2v) is 11.6. The number of rotatable bonds is 14. The van der Waals surface area contributed by atoms with E-state index in [1.807, 2.05) is 47.4 Å². The SMILES string of the molecule is CCCCN(C(=O)CN1C[C@H](c2ccc3c(c2)CCO3)[C@@H](C(=O)O)[C@@H]1CCCCc1ccccc1OC)c1cccnc1. The molecule has 0 saturated carbocycles. The van der Waals surface area contributed by atoms with Crippen molar-refractivity contribution < 1.29 is 24.2 Å². The lowest BCUT2D eigenvalue weighted by Crippen LogP contribution is -2.44. The molecule has 1 saturated heterocycles. The highest BCUT2D eigenvalue weighted by Gasteiger charge is 2.47. The first-order valence-corrected chi connectivity index (χ1v) is 15.5. The van der Waals surface area contributed by atoms with Crippen LogP contribution in [0.1, 0.15) is 61.6 Å². The van der Waals surface area contributed by atoms with Gasteiger partial charge in [-0.2, -0.15) is 0 Å². The van der Waals surface area contributed by atoms with Gasteiger partial charge in [0.15, 0.2) is 0 Å². The normalized spacial score (nSPS) is 19.5. The molecule has 228 valence electrons. The van der Waals surface area contributed by atoms with Gasteiger partial charge in [0.1, 0.15) is 11.5 Å². The van der Waals surface area contributed by atoms with Gasteiger partial charge in [-0.25, -0.2) is 0 Å². The predicted octanol–water partition coefficient (Wildman–Crippen LogP) is 5.74. The molecule has 2 aliphatic heterocycles. The Kier molecular flexibility index (Phi) is 10.3. The fraction of sp³-hybridized carbons (Fsp3) is 0.457. The number of aromatic nitrogens is 1. The molecule has 2 aliphatic rings. The van der Waals surface area contributed by atoms with Crippen LogP contribution in [0.5, 0.6) is 11.5 Å². The maximum Gasteiger partial charge on any atom is 0.308 e. The number of para-hydroxylation sites is 1. The minimum absolute atomic E-state index is 0.0207. The molecule has 1 aromatic heterocycles. The summed E-state index contributed by atoms with van der Waals surface area (Å²) in [6.07, 6.45) is 9.42. The molecule has 3 heterocycles. The fourth-order valence-electron chi connectivity index (χ4n) is 6.69. The number of hydrogen-bond acceptors (Lipinski definition) is 6. The molecule has 3 atom stereocenters. The molecular weight excluding hydrogens is 542 g/mol. The van der Waals surface area contributed by atoms with Gasteiger partial charge in [-0.3, -0.25) is 19.5 Å². The van der Waals surface area contributed by atoms with Gasteiger partial charge >= 0.3 is 5.97 Å². The molecule has 3 aromatic rings. The molecule has 1 fully saturated rings. The van der Waals surface area contributed by atoms with E-state index in [1.54, 1.807) is 19.5 Å². The van der Waals surface area contributed by atoms with Gasteiger partial charge in [0.2, 0.25) is 5.91 Å². The Morgan fingerprint density at radius 2 is 1.98 bits per heavy atom. The van der Waals surface area contributed by atoms with E-state index in [4.69, 9.17) is 9.47 Å². The van der Waals surface area contributed by atoms with Crippen LogP contribution in [0.4, 0.5) is 5.69 Å². The Labute approximate surface area is 254 Å². The molecule has 1 N–H and O–H groups in total. The highest BCUT2D eigenvalue weighted by atomic mass is 16.5. The van der Waals surface area contributed by atoms with Crippen LogP contribution in [0.25, 0.3) is 0 Å². The number of aliphatic carboxylic acids is 1. The first-order valence-electron chi connectivity index (χ1n) is 15.5. The minimum Gasteiger partial charge on any atom is -0.496 e. The standard InChI is InChI=1S/C35H43N3O5/c1-3-4-19-38(28-12-9-18-36-22-28)33(39)24-37-23-29(26-15-16-32-27(21-26)17-20-43-32)34(35(40)41)30(37)13-7-5-10-25-11-6-8-14-31(25)42-2/h6,8-9,11-12,14-16,18,21-22,29-30,34H,3-5,7,10,13,17,19-20,23-24H2,1-2H3,(H,40,41)/t29-,30+,34-/m1/s1. The van der Waals surface area contributed by atoms with Crippen molar-refractivity contribution in [2.75, 3.05) is 38.3 Å². The number of methoxy groups -OCH3 is 1. The van der Waals surface area contributed by atoms with Crippen LogP contribution in [0, 0.1) is 5.92 Å². The maximum atomic E-state index is 13.9. The van der Waals surface area contributed by atoms with Gasteiger partial charge in [-0.05, 0) is 66.6 Å². The number of carboxylic acids is 1. The zero-order valence-corrected chi connectivity index (χ0v) is 25.3. The number of anilines is 1. The number of amides is 1. The average Bonchev–Trinajstić information content (AvgIpc) is 3.64. The van der Waals surface area contributed by atoms with Crippen LogP contribution in [-0.2, 0) is 22.4 Å². The van der Waals surface area contributed by atoms with Crippen molar-refractivity contribution in [3.05, 3.63) is 83.7 Å². The maximum absolute atomic E-state index is 13.9. The largest absolute Gasteiger partial charge is 0.496 e. The minimum atomic E-state index is -0.804. The van der Waals surface area contributed by atoms with E-state index >= 15 is 0 Å². The summed E-state index contributed by atoms with van der Waals surface area (Å²) < 4.78 is 11.2. The number of hydrogen-bond donors (Lipinski definition) is 1. The number of aryl methyl sites for hydroxylation is 1. The molecule has 43 heavy (non-hydrogen) atoms. The Morgan fingerprint density at radius 1 is 1.12 bits per heavy atom. The van der Waals surface area contributed by atoms with Crippen molar-refractivity contribution in [3.8, 4) is 11.5 Å². The highest BCUT2D eigenvalue weighted by molar-refractivity contribution is 5.94. The Morgan fingerprint density at radius 3 is 2.74 bits per heavy atom. The Balaban J connectivity index is 1.37. The van der Waals surface area contributed by atoms with Gasteiger partial charge in [-0.1, -0.05) is 50.1 Å². The molecule has 8 heteroatoms. The van der Waals surface area contributed by atoms with Crippen LogP contribution in [0.15, 0.2) is 67.0 Å². The van der Waals surface area contributed by atoms with Crippen LogP contribution >= 0.6 is 0 Å². The highest BCUT2D eigenvalue weighted by Crippen LogP contribution is 2.41. The third-order valence-electron chi connectivity index (χ3n) is 8.90. The first kappa shape index (κ1) is 30.5. The van der Waals surface area contributed by atoms with Gasteiger partial charge in [-0.15, -0.1) is 0 Å². The van der Waals surface area contributed by atoms with Gasteiger partial charge in [0, 0.05) is 37.7 Å². The van der Waals surface area contributed by atoms with E-state index in [2.05, 4.69) is 28.9 Å². The van der Waals surface area contributed by atoms with E-state index < -0.39 is 11.9 Å². The fourth-order valence-corrected chi connectivity index (χ4v) is 6.69. The molecule has 0 bridgehead atoms. The van der Waals surface area contributed by atoms with Crippen molar-refractivity contribution >= 4 is 17.6 Å². The lowest BCUT2D eigenvalue weighted by atomic mass is 9.83. The number of carboxylic acid groups (broad SMARTS) is 1. The number of ether oxygens (including phenoxy) is 2. The predicted molar refractivity (Wildman–Crippen MR) is 167 cm³/mol. The van der Waals surface area contributed by atoms with E-state index in [0.29, 0.717) is 26.1 Å². The molecular formula is C35H43N3O5. The number of nitrogens with zero attached hydrogens (tertiary/aromatic N) is 3. The average molecular weight is 586 g/mol. The molecule has 8 nitrogen and oxygen atoms in total. The number of unbranched alkanes of at least 4 members (excludes halogenated alkanes) is 2. The van der Waals surface area contributed by atoms with E-state index in [0.717, 1.165) is 72.4 Å². The van der Waals surface area contributed by atoms with Crippen molar-refractivity contribution in [2.45, 2.75) is 63.8 Å². The second kappa shape index (κ2) is 14.5. The third kappa shape index (κ3) is 7.19. The molecule has 0 aliphatic carbocycles. The van der Waals surface area contributed by atoms with E-state index in [1.165, 1.54) is 0 Å². The quantitative estimate of drug-likeness (QED) is 0.241. The first-order chi connectivity index (χ1) is 21.0. The zero-order valence-electron chi connectivity index (χ0n) is 25.3. The summed E-state index contributed by atoms with van der Waals surface area (Å²) in [6.45, 7) is 4.06. The summed E-state index contributed by atoms with van der Waals surface area (Å²) in [5.74, 6) is 0.118. The van der Waals surface area contributed by atoms with Crippen molar-refractivity contribution in [1.82, 2.24) is 9.88 Å². The number of pyridine rings is 1. The van der Waals surface area contributed by atoms with Crippen LogP contribution in [0.3, 0.4) is 0 Å². The summed E-state index contributed by atoms with van der Waals surface area (Å²) in [5.41, 5.74) is 4.07. The Hall–Kier alpha value is -3.91. The summed E-state index contributed by atoms with van der Waals surface area (Å²) in [7, 11) is 1.68. The van der Waals surface area contributed by atoms with Crippen molar-refractivity contribution in [1.29, 1.82) is 0 Å². The summed E-state index contributed by atoms with van der Waals surface area (Å²) in [5, 5.41) is 10.6. The third-order valence-corrected chi connectivity index (χ3v) is 8.90. The molecule has 5 rings (SSSR count). The smallest absolute Gasteiger partial charge is 0.308 e. The van der Waals surface area contributed by atoms with Gasteiger partial charge < -0.3 is 19.5 Å². The lowest BCUT2D eigenvalue weighted by Gasteiger charge is -2.29. The zero-order chi connectivity index (χ0) is 30.2. The summed E-state index contributed by atoms with van der Waals surface area (Å²) in [4.78, 5) is 35.0. The molecule has 2 aromatic carbocycles. The van der Waals surface area contributed by atoms with Crippen molar-refractivity contribution in [2.24, 2.45) is 5.92 Å². The van der Waals surface area contributed by atoms with Gasteiger partial charge in [0.05, 0.1) is 38.1 Å². The number of likely N-dealkylation sites (tertiary alicyclic amines) is 1. The molecule has 0 radical (unpaired) electrons. The van der Waals surface area contributed by atoms with Gasteiger partial charge in [0.25, 0.3) is 0 Å². The van der Waals surface area contributed by atoms with Crippen LogP contribution < -0.4 is 14.4 Å². The van der Waals surface area contributed by atoms with E-state index in [-0.39, 0.29) is 24.4 Å². The van der Waals surface area contributed by atoms with E-state index in [9.17, 15) is 14.7 Å². The second-order valence-electron chi connectivity index (χ2n) is 11.6. The lowest BCUT2D eigenvalue weighted by molar-refractivity contribution is -0.143. The van der Waals surface area contributed by atoms with Crippen LogP contribution in [-0.4, -0.2) is 66.3 Å². The number of carbonyl (C=O) groups is 2. The number of fused-ring (bicyclic) bond motifs is 1. The monoisotopic (exact) mass is 585 g/mol. The number of carbonyl (C=O) groups excluding carboxylic acids is 1.